The highest BCUT2D eigenvalue weighted by Gasteiger charge is 2.12. The van der Waals surface area contributed by atoms with Crippen molar-refractivity contribution < 1.29 is 22.5 Å². The number of hydrogen-bond donors (Lipinski definition) is 3. The molecule has 1 aromatic heterocycles. The van der Waals surface area contributed by atoms with Crippen molar-refractivity contribution in [2.45, 2.75) is 44.4 Å². The summed E-state index contributed by atoms with van der Waals surface area (Å²) in [6.45, 7) is 4.96. The predicted octanol–water partition coefficient (Wildman–Crippen LogP) is 3.82. The summed E-state index contributed by atoms with van der Waals surface area (Å²) in [7, 11) is -2.61. The predicted molar refractivity (Wildman–Crippen MR) is 136 cm³/mol. The molecule has 3 rings (SSSR count). The molecule has 0 fully saturated rings. The first kappa shape index (κ1) is 27.7. The second-order valence-electron chi connectivity index (χ2n) is 7.81. The summed E-state index contributed by atoms with van der Waals surface area (Å²) in [5.74, 6) is 0.851. The van der Waals surface area contributed by atoms with Crippen molar-refractivity contribution in [2.24, 2.45) is 0 Å². The van der Waals surface area contributed by atoms with Crippen LogP contribution in [0, 0.1) is 6.92 Å². The van der Waals surface area contributed by atoms with E-state index < -0.39 is 10.1 Å². The van der Waals surface area contributed by atoms with Crippen molar-refractivity contribution in [2.75, 3.05) is 24.7 Å². The molecule has 0 saturated heterocycles. The summed E-state index contributed by atoms with van der Waals surface area (Å²) in [5.41, 5.74) is 9.79. The Morgan fingerprint density at radius 1 is 1.06 bits per heavy atom. The molecule has 3 aromatic rings. The number of benzene rings is 2. The van der Waals surface area contributed by atoms with Crippen LogP contribution in [0.25, 0.3) is 0 Å². The minimum Gasteiger partial charge on any atom is -0.469 e. The van der Waals surface area contributed by atoms with Crippen LogP contribution in [0.2, 0.25) is 0 Å². The van der Waals surface area contributed by atoms with Gasteiger partial charge >= 0.3 is 5.97 Å². The number of unbranched alkanes of at least 4 members (excludes halogenated alkanes) is 1. The lowest BCUT2D eigenvalue weighted by Crippen LogP contribution is -2.11. The molecule has 0 spiro atoms. The van der Waals surface area contributed by atoms with Gasteiger partial charge in [0.05, 0.1) is 18.4 Å². The summed E-state index contributed by atoms with van der Waals surface area (Å²) >= 11 is 0. The molecule has 2 aromatic carbocycles. The number of carbonyl (C=O) groups excluding carboxylic acids is 1. The van der Waals surface area contributed by atoms with E-state index in [4.69, 9.17) is 15.0 Å². The van der Waals surface area contributed by atoms with Gasteiger partial charge < -0.3 is 15.8 Å². The van der Waals surface area contributed by atoms with Gasteiger partial charge in [0.25, 0.3) is 10.1 Å². The van der Waals surface area contributed by atoms with Crippen molar-refractivity contribution in [1.29, 1.82) is 0 Å². The van der Waals surface area contributed by atoms with Crippen LogP contribution < -0.4 is 11.1 Å². The maximum Gasteiger partial charge on any atom is 0.309 e. The number of carbonyl (C=O) groups is 1. The van der Waals surface area contributed by atoms with Gasteiger partial charge in [0.1, 0.15) is 5.82 Å². The number of esters is 1. The van der Waals surface area contributed by atoms with Gasteiger partial charge in [-0.3, -0.25) is 9.35 Å². The second kappa shape index (κ2) is 13.4. The number of nitrogens with zero attached hydrogens (tertiary/aromatic N) is 2. The normalized spacial score (nSPS) is 10.7. The van der Waals surface area contributed by atoms with Crippen LogP contribution in [0.15, 0.2) is 59.5 Å². The summed E-state index contributed by atoms with van der Waals surface area (Å²) in [6.07, 6.45) is 3.18. The third-order valence-electron chi connectivity index (χ3n) is 5.08. The van der Waals surface area contributed by atoms with Crippen LogP contribution in [0.4, 0.5) is 11.8 Å². The van der Waals surface area contributed by atoms with E-state index in [0.717, 1.165) is 47.6 Å². The standard InChI is InChI=1S/C19H26N4O2.C6H6O3S/c1-4-5-10-21-18-16(13(2)22-19(20)23-18)11-14-6-8-15(9-7-14)12-17(24)25-3;7-10(8,9)6-4-2-1-3-5-6/h6-9H,4-5,10-12H2,1-3H3,(H3,20,21,22,23);1-5H,(H,7,8,9). The van der Waals surface area contributed by atoms with Crippen molar-refractivity contribution in [3.05, 3.63) is 77.0 Å². The molecule has 188 valence electrons. The fourth-order valence-electron chi connectivity index (χ4n) is 3.17. The maximum absolute atomic E-state index is 11.3. The minimum absolute atomic E-state index is 0.0741. The van der Waals surface area contributed by atoms with Gasteiger partial charge in [0.2, 0.25) is 5.95 Å². The number of ether oxygens (including phenoxy) is 1. The smallest absolute Gasteiger partial charge is 0.309 e. The molecular formula is C25H32N4O5S. The van der Waals surface area contributed by atoms with E-state index in [-0.39, 0.29) is 23.2 Å². The number of methoxy groups -OCH3 is 1. The van der Waals surface area contributed by atoms with Gasteiger partial charge in [-0.1, -0.05) is 55.8 Å². The fraction of sp³-hybridized carbons (Fsp3) is 0.320. The molecule has 0 amide bonds. The number of hydrogen-bond acceptors (Lipinski definition) is 8. The highest BCUT2D eigenvalue weighted by Crippen LogP contribution is 2.22. The fourth-order valence-corrected chi connectivity index (χ4v) is 3.67. The number of aryl methyl sites for hydroxylation is 1. The highest BCUT2D eigenvalue weighted by atomic mass is 32.2. The van der Waals surface area contributed by atoms with Crippen LogP contribution in [0.1, 0.15) is 42.1 Å². The van der Waals surface area contributed by atoms with Crippen LogP contribution >= 0.6 is 0 Å². The number of nitrogens with two attached hydrogens (primary N) is 1. The minimum atomic E-state index is -4.00. The zero-order chi connectivity index (χ0) is 25.8. The van der Waals surface area contributed by atoms with Crippen molar-refractivity contribution in [1.82, 2.24) is 9.97 Å². The van der Waals surface area contributed by atoms with Crippen LogP contribution in [0.3, 0.4) is 0 Å². The molecule has 0 saturated carbocycles. The first-order valence-corrected chi connectivity index (χ1v) is 12.6. The Labute approximate surface area is 206 Å². The summed E-state index contributed by atoms with van der Waals surface area (Å²) in [4.78, 5) is 19.9. The Morgan fingerprint density at radius 3 is 2.23 bits per heavy atom. The largest absolute Gasteiger partial charge is 0.469 e. The summed E-state index contributed by atoms with van der Waals surface area (Å²) in [6, 6.07) is 15.4. The average molecular weight is 501 g/mol. The van der Waals surface area contributed by atoms with Crippen LogP contribution in [0.5, 0.6) is 0 Å². The Morgan fingerprint density at radius 2 is 1.69 bits per heavy atom. The van der Waals surface area contributed by atoms with E-state index in [9.17, 15) is 13.2 Å². The lowest BCUT2D eigenvalue weighted by Gasteiger charge is -2.14. The zero-order valence-electron chi connectivity index (χ0n) is 20.2. The molecule has 9 nitrogen and oxygen atoms in total. The lowest BCUT2D eigenvalue weighted by molar-refractivity contribution is -0.139. The number of nitrogens with one attached hydrogen (secondary N) is 1. The van der Waals surface area contributed by atoms with Gasteiger partial charge in [0.15, 0.2) is 0 Å². The first-order chi connectivity index (χ1) is 16.6. The SMILES string of the molecule is CCCCNc1nc(N)nc(C)c1Cc1ccc(CC(=O)OC)cc1.O=S(=O)(O)c1ccccc1. The molecule has 0 bridgehead atoms. The maximum atomic E-state index is 11.3. The van der Waals surface area contributed by atoms with Gasteiger partial charge in [0, 0.05) is 24.2 Å². The Bertz CT molecular complexity index is 1200. The third kappa shape index (κ3) is 9.34. The molecule has 10 heteroatoms. The van der Waals surface area contributed by atoms with E-state index in [0.29, 0.717) is 6.42 Å². The average Bonchev–Trinajstić information content (AvgIpc) is 2.83. The number of rotatable bonds is 9. The number of anilines is 2. The Kier molecular flexibility index (Phi) is 10.6. The third-order valence-corrected chi connectivity index (χ3v) is 5.94. The van der Waals surface area contributed by atoms with E-state index in [1.807, 2.05) is 31.2 Å². The van der Waals surface area contributed by atoms with Crippen molar-refractivity contribution in [3.63, 3.8) is 0 Å². The van der Waals surface area contributed by atoms with Gasteiger partial charge in [-0.2, -0.15) is 13.4 Å². The number of aromatic nitrogens is 2. The summed E-state index contributed by atoms with van der Waals surface area (Å²) < 4.78 is 33.9. The molecule has 0 aliphatic carbocycles. The number of nitrogen functional groups attached to an aromatic ring is 1. The lowest BCUT2D eigenvalue weighted by atomic mass is 10.0. The second-order valence-corrected chi connectivity index (χ2v) is 9.23. The van der Waals surface area contributed by atoms with E-state index in [1.54, 1.807) is 18.2 Å². The van der Waals surface area contributed by atoms with E-state index >= 15 is 0 Å². The molecule has 0 unspecified atom stereocenters. The topological polar surface area (TPSA) is 144 Å². The first-order valence-electron chi connectivity index (χ1n) is 11.2. The summed E-state index contributed by atoms with van der Waals surface area (Å²) in [5, 5.41) is 3.37. The highest BCUT2D eigenvalue weighted by molar-refractivity contribution is 7.85. The van der Waals surface area contributed by atoms with Crippen LogP contribution in [-0.2, 0) is 32.5 Å². The van der Waals surface area contributed by atoms with Crippen molar-refractivity contribution >= 4 is 27.9 Å². The molecule has 1 heterocycles. The van der Waals surface area contributed by atoms with Crippen molar-refractivity contribution in [3.8, 4) is 0 Å². The molecule has 0 aliphatic rings. The molecule has 0 atom stereocenters. The molecule has 4 N–H and O–H groups in total. The van der Waals surface area contributed by atoms with Gasteiger partial charge in [-0.05, 0) is 36.6 Å². The monoisotopic (exact) mass is 500 g/mol. The zero-order valence-corrected chi connectivity index (χ0v) is 21.0. The Balaban J connectivity index is 0.000000360. The Hall–Kier alpha value is -3.50. The van der Waals surface area contributed by atoms with E-state index in [1.165, 1.54) is 19.2 Å². The van der Waals surface area contributed by atoms with Crippen LogP contribution in [-0.4, -0.2) is 42.6 Å². The molecule has 35 heavy (non-hydrogen) atoms. The van der Waals surface area contributed by atoms with Gasteiger partial charge in [-0.25, -0.2) is 4.98 Å². The van der Waals surface area contributed by atoms with Gasteiger partial charge in [-0.15, -0.1) is 0 Å². The molecule has 0 radical (unpaired) electrons. The molecular weight excluding hydrogens is 468 g/mol. The molecule has 0 aliphatic heterocycles. The van der Waals surface area contributed by atoms with E-state index in [2.05, 4.69) is 22.2 Å². The quantitative estimate of drug-likeness (QED) is 0.227.